The molecule has 0 spiro atoms. The molecule has 1 saturated heterocycles. The van der Waals surface area contributed by atoms with Crippen molar-refractivity contribution < 1.29 is 14.4 Å². The lowest BCUT2D eigenvalue weighted by molar-refractivity contribution is -0.125. The summed E-state index contributed by atoms with van der Waals surface area (Å²) in [4.78, 5) is 29.4. The number of amides is 2. The van der Waals surface area contributed by atoms with E-state index in [4.69, 9.17) is 39.6 Å². The number of halogens is 3. The summed E-state index contributed by atoms with van der Waals surface area (Å²) in [6.07, 6.45) is -0.808. The average molecular weight is 381 g/mol. The summed E-state index contributed by atoms with van der Waals surface area (Å²) in [5.41, 5.74) is 0. The van der Waals surface area contributed by atoms with E-state index in [0.29, 0.717) is 17.1 Å². The van der Waals surface area contributed by atoms with E-state index in [-0.39, 0.29) is 17.7 Å². The number of carbonyl (C=O) groups is 2. The number of oxime groups is 1. The number of carbonyl (C=O) groups excluding carboxylic acids is 2. The van der Waals surface area contributed by atoms with E-state index in [1.165, 1.54) is 23.7 Å². The summed E-state index contributed by atoms with van der Waals surface area (Å²) in [7, 11) is 1.38. The fourth-order valence-electron chi connectivity index (χ4n) is 1.28. The molecule has 114 valence electrons. The first-order valence-corrected chi connectivity index (χ1v) is 8.24. The molecule has 20 heavy (non-hydrogen) atoms. The van der Waals surface area contributed by atoms with Crippen molar-refractivity contribution in [3.05, 3.63) is 0 Å². The first kappa shape index (κ1) is 18.0. The molecule has 0 unspecified atom stereocenters. The monoisotopic (exact) mass is 379 g/mol. The first-order valence-electron chi connectivity index (χ1n) is 5.35. The zero-order chi connectivity index (χ0) is 15.5. The summed E-state index contributed by atoms with van der Waals surface area (Å²) >= 11 is 18.5. The fraction of sp³-hybridized carbons (Fsp3) is 0.667. The minimum Gasteiger partial charge on any atom is -0.295 e. The van der Waals surface area contributed by atoms with Crippen molar-refractivity contribution in [3.63, 3.8) is 0 Å². The molecule has 0 radical (unpaired) electrons. The van der Waals surface area contributed by atoms with Crippen molar-refractivity contribution in [2.45, 2.75) is 23.0 Å². The maximum Gasteiger partial charge on any atom is 0.446 e. The second-order valence-corrected chi connectivity index (χ2v) is 9.15. The number of thioether (sulfide) groups is 1. The van der Waals surface area contributed by atoms with E-state index < -0.39 is 9.22 Å². The summed E-state index contributed by atoms with van der Waals surface area (Å²) < 4.78 is -0.679. The molecule has 1 aliphatic heterocycles. The van der Waals surface area contributed by atoms with E-state index in [9.17, 15) is 9.59 Å². The molecule has 0 aromatic heterocycles. The van der Waals surface area contributed by atoms with Gasteiger partial charge in [-0.15, -0.1) is 0 Å². The molecule has 0 N–H and O–H groups in total. The lowest BCUT2D eigenvalue weighted by Crippen LogP contribution is -2.36. The van der Waals surface area contributed by atoms with Crippen LogP contribution in [0.1, 0.15) is 13.8 Å². The van der Waals surface area contributed by atoms with Crippen LogP contribution in [0.25, 0.3) is 0 Å². The maximum atomic E-state index is 11.6. The molecule has 0 aromatic carbocycles. The van der Waals surface area contributed by atoms with Gasteiger partial charge in [0.15, 0.2) is 0 Å². The Labute approximate surface area is 140 Å². The van der Waals surface area contributed by atoms with Crippen LogP contribution in [0.4, 0.5) is 4.79 Å². The van der Waals surface area contributed by atoms with Crippen molar-refractivity contribution in [1.29, 1.82) is 0 Å². The van der Waals surface area contributed by atoms with Crippen LogP contribution in [0.5, 0.6) is 0 Å². The van der Waals surface area contributed by atoms with Gasteiger partial charge in [-0.1, -0.05) is 46.6 Å². The predicted octanol–water partition coefficient (Wildman–Crippen LogP) is 3.29. The third kappa shape index (κ3) is 5.40. The largest absolute Gasteiger partial charge is 0.446 e. The van der Waals surface area contributed by atoms with Gasteiger partial charge in [0, 0.05) is 25.0 Å². The number of hydrogen-bond donors (Lipinski definition) is 0. The quantitative estimate of drug-likeness (QED) is 0.325. The van der Waals surface area contributed by atoms with Gasteiger partial charge in [0.25, 0.3) is 3.12 Å². The average Bonchev–Trinajstić information content (AvgIpc) is 2.65. The van der Waals surface area contributed by atoms with Gasteiger partial charge in [0.1, 0.15) is 0 Å². The van der Waals surface area contributed by atoms with Gasteiger partial charge in [-0.25, -0.2) is 9.10 Å². The van der Waals surface area contributed by atoms with Crippen LogP contribution in [0.15, 0.2) is 5.16 Å². The number of rotatable bonds is 3. The van der Waals surface area contributed by atoms with Crippen LogP contribution in [0, 0.1) is 0 Å². The van der Waals surface area contributed by atoms with Gasteiger partial charge < -0.3 is 0 Å². The van der Waals surface area contributed by atoms with E-state index in [1.807, 2.05) is 13.8 Å². The van der Waals surface area contributed by atoms with Crippen molar-refractivity contribution >= 4 is 75.7 Å². The van der Waals surface area contributed by atoms with Crippen LogP contribution in [-0.2, 0) is 9.63 Å². The summed E-state index contributed by atoms with van der Waals surface area (Å²) in [5.74, 6) is 0.191. The number of alkyl halides is 3. The topological polar surface area (TPSA) is 62.2 Å². The Balaban J connectivity index is 2.63. The van der Waals surface area contributed by atoms with E-state index in [1.54, 1.807) is 0 Å². The summed E-state index contributed by atoms with van der Waals surface area (Å²) in [6.45, 7) is 3.68. The molecule has 0 aliphatic carbocycles. The van der Waals surface area contributed by atoms with Crippen molar-refractivity contribution in [2.75, 3.05) is 12.8 Å². The molecule has 1 fully saturated rings. The highest BCUT2D eigenvalue weighted by Crippen LogP contribution is 2.40. The highest BCUT2D eigenvalue weighted by atomic mass is 35.6. The first-order chi connectivity index (χ1) is 9.11. The molecular weight excluding hydrogens is 369 g/mol. The second-order valence-electron chi connectivity index (χ2n) is 3.91. The Hall–Kier alpha value is -0.0200. The van der Waals surface area contributed by atoms with Gasteiger partial charge >= 0.3 is 6.09 Å². The molecule has 1 heterocycles. The molecule has 0 atom stereocenters. The summed E-state index contributed by atoms with van der Waals surface area (Å²) in [6, 6.07) is -0.0665. The SMILES string of the molecule is CC(C)N1C(=O)CSC1=NOC(=O)N(C)SC(Cl)(Cl)Cl. The lowest BCUT2D eigenvalue weighted by atomic mass is 10.3. The van der Waals surface area contributed by atoms with Gasteiger partial charge in [-0.3, -0.25) is 14.5 Å². The van der Waals surface area contributed by atoms with E-state index in [0.717, 1.165) is 4.31 Å². The Kier molecular flexibility index (Phi) is 6.59. The molecule has 11 heteroatoms. The van der Waals surface area contributed by atoms with Crippen LogP contribution < -0.4 is 0 Å². The minimum atomic E-state index is -1.68. The molecule has 1 rings (SSSR count). The standard InChI is InChI=1S/C9H12Cl3N3O3S2/c1-5(2)15-6(16)4-19-7(15)13-18-8(17)14(3)20-9(10,11)12/h5H,4H2,1-3H3. The van der Waals surface area contributed by atoms with Gasteiger partial charge in [0.2, 0.25) is 11.1 Å². The van der Waals surface area contributed by atoms with E-state index in [2.05, 4.69) is 5.16 Å². The Bertz CT molecular complexity index is 428. The maximum absolute atomic E-state index is 11.6. The molecular formula is C9H12Cl3N3O3S2. The minimum absolute atomic E-state index is 0.0665. The lowest BCUT2D eigenvalue weighted by Gasteiger charge is -2.20. The Morgan fingerprint density at radius 1 is 1.55 bits per heavy atom. The van der Waals surface area contributed by atoms with Crippen LogP contribution >= 0.6 is 58.5 Å². The zero-order valence-electron chi connectivity index (χ0n) is 10.8. The Morgan fingerprint density at radius 3 is 2.65 bits per heavy atom. The smallest absolute Gasteiger partial charge is 0.295 e. The summed E-state index contributed by atoms with van der Waals surface area (Å²) in [5, 5.41) is 4.02. The second kappa shape index (κ2) is 7.31. The van der Waals surface area contributed by atoms with Crippen LogP contribution in [-0.4, -0.2) is 48.3 Å². The molecule has 0 aromatic rings. The third-order valence-corrected chi connectivity index (χ3v) is 4.19. The normalized spacial score (nSPS) is 18.1. The highest BCUT2D eigenvalue weighted by Gasteiger charge is 2.32. The number of hydrogen-bond acceptors (Lipinski definition) is 6. The Morgan fingerprint density at radius 2 is 2.15 bits per heavy atom. The highest BCUT2D eigenvalue weighted by molar-refractivity contribution is 8.15. The van der Waals surface area contributed by atoms with Gasteiger partial charge in [-0.05, 0) is 19.0 Å². The van der Waals surface area contributed by atoms with Crippen molar-refractivity contribution in [3.8, 4) is 0 Å². The number of nitrogens with zero attached hydrogens (tertiary/aromatic N) is 3. The van der Waals surface area contributed by atoms with Crippen LogP contribution in [0.2, 0.25) is 0 Å². The molecule has 0 bridgehead atoms. The predicted molar refractivity (Wildman–Crippen MR) is 84.0 cm³/mol. The molecule has 1 aliphatic rings. The molecule has 2 amide bonds. The van der Waals surface area contributed by atoms with Crippen molar-refractivity contribution in [1.82, 2.24) is 9.21 Å². The zero-order valence-corrected chi connectivity index (χ0v) is 14.7. The van der Waals surface area contributed by atoms with Crippen LogP contribution in [0.3, 0.4) is 0 Å². The van der Waals surface area contributed by atoms with Gasteiger partial charge in [0.05, 0.1) is 5.75 Å². The molecule has 0 saturated carbocycles. The molecule has 6 nitrogen and oxygen atoms in total. The fourth-order valence-corrected chi connectivity index (χ4v) is 3.56. The van der Waals surface area contributed by atoms with E-state index >= 15 is 0 Å². The van der Waals surface area contributed by atoms with Crippen molar-refractivity contribution in [2.24, 2.45) is 5.16 Å². The third-order valence-electron chi connectivity index (χ3n) is 2.02. The number of amidine groups is 1. The van der Waals surface area contributed by atoms with Gasteiger partial charge in [-0.2, -0.15) is 0 Å².